The van der Waals surface area contributed by atoms with Crippen LogP contribution in [0.3, 0.4) is 0 Å². The Hall–Kier alpha value is -4.32. The van der Waals surface area contributed by atoms with Crippen molar-refractivity contribution in [2.75, 3.05) is 19.8 Å². The second kappa shape index (κ2) is 66.4. The van der Waals surface area contributed by atoms with Crippen LogP contribution in [0.1, 0.15) is 243 Å². The maximum absolute atomic E-state index is 12.2. The Kier molecular flexibility index (Phi) is 59.6. The van der Waals surface area contributed by atoms with E-state index in [1.54, 1.807) is 12.2 Å². The number of aryl methyl sites for hydroxylation is 2. The Morgan fingerprint density at radius 3 is 1.37 bits per heavy atom. The number of esters is 3. The molecule has 14 rings (SSSR count). The number of hydrogen-bond donors (Lipinski definition) is 5. The summed E-state index contributed by atoms with van der Waals surface area (Å²) in [6.07, 6.45) is 36.1. The van der Waals surface area contributed by atoms with Crippen LogP contribution in [-0.4, -0.2) is 143 Å². The van der Waals surface area contributed by atoms with Crippen molar-refractivity contribution in [1.82, 2.24) is 0 Å². The first-order valence-electron chi connectivity index (χ1n) is 47.4. The van der Waals surface area contributed by atoms with Crippen molar-refractivity contribution < 1.29 is 96.0 Å². The second-order valence-corrected chi connectivity index (χ2v) is 41.6. The molecule has 5 aliphatic carbocycles. The summed E-state index contributed by atoms with van der Waals surface area (Å²) in [6, 6.07) is 50.3. The fourth-order valence-corrected chi connectivity index (χ4v) is 25.2. The summed E-state index contributed by atoms with van der Waals surface area (Å²) in [5.41, 5.74) is 2.74. The zero-order chi connectivity index (χ0) is 91.7. The number of benzene rings is 5. The second-order valence-electron chi connectivity index (χ2n) is 36.8. The standard InChI is InChI=1S/C24H38O4P2.C24H36O3P2.C18H28O4P2.C18H26O4P2.C17H20O5.5CH4/c1-18-17-23(25)22(11-7-2-3-8-12-24(26)27)21(18)16-15-20(28-30-29)14-13-19-9-5-4-6-10-19;1-18-17-23-22(11-7-2-3-8-12-24(25)26-23)21(18)16-15-20(27-29-28)14-13-19-9-5-4-6-10-19;2*1-12-9-17-16(10-18(19)21-17)15(12)8-7-14(22-24-23)11-20-13-5-3-2-4-6-13;18-11(10-21-12-4-2-1-3-5-12)6-7-13-14-8-17(20)22-16(14)9-15(13)19;;;;;/h2,4-7,9-10,18,20-23,25,30H,3,8,11-17,29H2,1H3,(H,26,27);2,4-7,9-10,18,20-23,29H,3,8,11-17,28H2,1H3;2-6,12,14-19,24H,7-11,23H2,1H3;2-6,12,14-17,24H,7-11,23H2,1H3;1-7,11,13-16,18-19H,8-10H2;5*1H4/b;7-2-;;;7-6+;;;;;/t2*18-,20+,21+,22-,23+;12-,14-,15+,16-,17+,18?;12-,14-,15+,16-,17+;11-,13-,14-,15-,16+;;;;;/m11111...../s1. The number of carboxylic acids is 1. The lowest BCUT2D eigenvalue weighted by molar-refractivity contribution is -0.151. The Morgan fingerprint density at radius 2 is 0.873 bits per heavy atom. The van der Waals surface area contributed by atoms with Crippen LogP contribution in [0.2, 0.25) is 0 Å². The summed E-state index contributed by atoms with van der Waals surface area (Å²) >= 11 is 0. The van der Waals surface area contributed by atoms with Gasteiger partial charge in [0.2, 0.25) is 0 Å². The zero-order valence-electron chi connectivity index (χ0n) is 76.0. The van der Waals surface area contributed by atoms with E-state index in [4.69, 9.17) is 56.4 Å². The van der Waals surface area contributed by atoms with Crippen molar-refractivity contribution in [3.63, 3.8) is 0 Å². The van der Waals surface area contributed by atoms with E-state index in [9.17, 15) is 39.6 Å². The average Bonchev–Trinajstić information content (AvgIpc) is 1.65. The molecule has 9 unspecified atom stereocenters. The van der Waals surface area contributed by atoms with Crippen molar-refractivity contribution in [3.05, 3.63) is 199 Å². The monoisotopic (exact) mass is 2010 g/mol. The van der Waals surface area contributed by atoms with E-state index in [-0.39, 0.29) is 129 Å². The van der Waals surface area contributed by atoms with Gasteiger partial charge in [0.15, 0.2) is 6.29 Å². The SMILES string of the molecule is C.C.C.C.C.C[C@@H]1C[C@@H]2OC(=O)CCC/C=C\C[C@@H]2[C@H]1CC[C@H](CCc1ccccc1)OPP.C[C@@H]1C[C@@H]2OC(=O)C[C@@H]2[C@H]1CC[C@H](COc1ccccc1)OPP.C[C@@H]1C[C@@H]2OC(O)C[C@@H]2[C@H]1CC[C@H](COc1ccccc1)OPP.C[C@@H]1C[C@H](O)[C@H](CC=CCCCC(=O)O)[C@H]1CC[C@H](CCc1ccccc1)OPP.O=C1C[C@@H]2[C@@H](/C=C/[C@@H](O)COc3ccccc3)[C@H](O)C[C@@H]2O1. The number of carboxylic acid groups (broad SMARTS) is 1. The smallest absolute Gasteiger partial charge is 0.306 e. The molecular weight excluding hydrogens is 1840 g/mol. The number of rotatable bonds is 43. The Bertz CT molecular complexity index is 4060. The van der Waals surface area contributed by atoms with Gasteiger partial charge in [0, 0.05) is 83.3 Å². The molecule has 5 aromatic carbocycles. The minimum Gasteiger partial charge on any atom is -0.491 e. The molecule has 5 saturated carbocycles. The van der Waals surface area contributed by atoms with E-state index in [0.29, 0.717) is 162 Å². The first kappa shape index (κ1) is 120. The maximum Gasteiger partial charge on any atom is 0.306 e. The lowest BCUT2D eigenvalue weighted by Crippen LogP contribution is -2.26. The molecule has 134 heavy (non-hydrogen) atoms. The van der Waals surface area contributed by atoms with Gasteiger partial charge >= 0.3 is 23.9 Å². The van der Waals surface area contributed by atoms with Gasteiger partial charge in [-0.25, -0.2) is 0 Å². The van der Waals surface area contributed by atoms with Crippen molar-refractivity contribution in [2.45, 2.75) is 318 Å². The Labute approximate surface area is 821 Å². The van der Waals surface area contributed by atoms with E-state index in [1.807, 2.05) is 91.0 Å². The topological polar surface area (TPSA) is 271 Å². The van der Waals surface area contributed by atoms with Gasteiger partial charge in [-0.05, 0) is 248 Å². The predicted octanol–water partition coefficient (Wildman–Crippen LogP) is 25.2. The quantitative estimate of drug-likeness (QED) is 0.00798. The molecule has 9 aliphatic rings. The van der Waals surface area contributed by atoms with Gasteiger partial charge in [0.05, 0.1) is 55.6 Å². The number of fused-ring (bicyclic) bond motifs is 4. The number of hydrogen-bond acceptors (Lipinski definition) is 19. The van der Waals surface area contributed by atoms with Crippen LogP contribution < -0.4 is 14.2 Å². The van der Waals surface area contributed by atoms with Gasteiger partial charge in [0.25, 0.3) is 0 Å². The molecule has 5 N–H and O–H groups in total. The van der Waals surface area contributed by atoms with E-state index >= 15 is 0 Å². The lowest BCUT2D eigenvalue weighted by atomic mass is 9.83. The molecule has 0 spiro atoms. The normalized spacial score (nSPS) is 29.0. The third-order valence-corrected chi connectivity index (χ3v) is 31.5. The van der Waals surface area contributed by atoms with E-state index in [0.717, 1.165) is 153 Å². The van der Waals surface area contributed by atoms with Gasteiger partial charge in [-0.1, -0.05) is 252 Å². The lowest BCUT2D eigenvalue weighted by Gasteiger charge is -2.27. The highest BCUT2D eigenvalue weighted by Crippen LogP contribution is 2.51. The first-order valence-corrected chi connectivity index (χ1v) is 58.2. The van der Waals surface area contributed by atoms with Gasteiger partial charge < -0.3 is 76.8 Å². The van der Waals surface area contributed by atoms with Crippen molar-refractivity contribution in [3.8, 4) is 17.2 Å². The fourth-order valence-electron chi connectivity index (χ4n) is 21.3. The number of carbonyl (C=O) groups excluding carboxylic acids is 3. The van der Waals surface area contributed by atoms with Crippen molar-refractivity contribution >= 4 is 93.6 Å². The number of aliphatic carboxylic acids is 1. The molecule has 3 saturated heterocycles. The minimum atomic E-state index is -0.760. The van der Waals surface area contributed by atoms with Crippen LogP contribution in [0.4, 0.5) is 0 Å². The molecule has 0 amide bonds. The van der Waals surface area contributed by atoms with E-state index in [1.165, 1.54) is 11.1 Å². The molecule has 0 bridgehead atoms. The summed E-state index contributed by atoms with van der Waals surface area (Å²) < 4.78 is 63.2. The number of aliphatic hydroxyl groups excluding tert-OH is 4. The molecular formula is C106H168O20P8. The van der Waals surface area contributed by atoms with Crippen LogP contribution in [0, 0.1) is 82.9 Å². The number of ether oxygens (including phenoxy) is 7. The molecule has 34 atom stereocenters. The fraction of sp³-hybridized carbons (Fsp3) is 0.623. The van der Waals surface area contributed by atoms with Crippen LogP contribution in [0.15, 0.2) is 188 Å². The van der Waals surface area contributed by atoms with Gasteiger partial charge in [-0.15, -0.1) is 0 Å². The Morgan fingerprint density at radius 1 is 0.455 bits per heavy atom. The van der Waals surface area contributed by atoms with Crippen LogP contribution in [0.25, 0.3) is 0 Å². The Balaban J connectivity index is 0.000000294. The number of para-hydroxylation sites is 3. The number of allylic oxidation sites excluding steroid dienone is 4. The summed E-state index contributed by atoms with van der Waals surface area (Å²) in [5, 5.41) is 49.0. The predicted molar refractivity (Wildman–Crippen MR) is 567 cm³/mol. The molecule has 28 heteroatoms. The highest BCUT2D eigenvalue weighted by molar-refractivity contribution is 8.01. The summed E-state index contributed by atoms with van der Waals surface area (Å²) in [7, 11) is 12.3. The third-order valence-electron chi connectivity index (χ3n) is 28.0. The molecule has 20 nitrogen and oxygen atoms in total. The van der Waals surface area contributed by atoms with Gasteiger partial charge in [-0.2, -0.15) is 0 Å². The molecule has 0 radical (unpaired) electrons. The molecule has 4 heterocycles. The third kappa shape index (κ3) is 41.0. The summed E-state index contributed by atoms with van der Waals surface area (Å²) in [5.74, 6) is 7.70. The first-order chi connectivity index (χ1) is 62.6. The largest absolute Gasteiger partial charge is 0.491 e. The zero-order valence-corrected chi connectivity index (χ0v) is 84.6. The molecule has 8 fully saturated rings. The van der Waals surface area contributed by atoms with Crippen molar-refractivity contribution in [2.24, 2.45) is 82.9 Å². The van der Waals surface area contributed by atoms with Gasteiger partial charge in [-0.3, -0.25) is 19.2 Å². The minimum absolute atomic E-state index is 0. The highest BCUT2D eigenvalue weighted by atomic mass is 32.0. The molecule has 5 aromatic rings. The highest BCUT2D eigenvalue weighted by Gasteiger charge is 2.51. The number of aliphatic hydroxyl groups is 4. The van der Waals surface area contributed by atoms with E-state index < -0.39 is 24.5 Å². The van der Waals surface area contributed by atoms with Crippen LogP contribution in [0.5, 0.6) is 17.2 Å². The number of unbranched alkanes of at least 4 members (excludes halogenated alkanes) is 1. The summed E-state index contributed by atoms with van der Waals surface area (Å²) in [4.78, 5) is 45.6. The van der Waals surface area contributed by atoms with Gasteiger partial charge in [0.1, 0.15) is 61.5 Å². The van der Waals surface area contributed by atoms with Crippen LogP contribution >= 0.6 is 69.7 Å². The maximum atomic E-state index is 12.2. The molecule has 4 aliphatic heterocycles. The molecule has 0 aromatic heterocycles. The molecule has 752 valence electrons. The number of carbonyl (C=O) groups is 4. The summed E-state index contributed by atoms with van der Waals surface area (Å²) in [6.45, 7) is 10.5. The average molecular weight is 2010 g/mol. The van der Waals surface area contributed by atoms with E-state index in [2.05, 4.69) is 148 Å². The van der Waals surface area contributed by atoms with Crippen molar-refractivity contribution in [1.29, 1.82) is 0 Å². The van der Waals surface area contributed by atoms with Crippen LogP contribution in [-0.2, 0) is 69.1 Å².